The molecule has 0 spiro atoms. The molecule has 0 radical (unpaired) electrons. The Kier molecular flexibility index (Phi) is 17.9. The van der Waals surface area contributed by atoms with Crippen molar-refractivity contribution in [2.24, 2.45) is 5.92 Å². The number of carbonyl (C=O) groups excluding carboxylic acids is 1. The second-order valence-corrected chi connectivity index (χ2v) is 12.9. The van der Waals surface area contributed by atoms with Crippen molar-refractivity contribution in [2.75, 3.05) is 46.2 Å². The van der Waals surface area contributed by atoms with E-state index in [9.17, 15) is 14.7 Å². The largest absolute Gasteiger partial charge is 0.516 e. The number of carboxylic acids is 1. The Hall–Kier alpha value is -0.866. The number of aliphatic carboxylic acids is 1. The minimum Gasteiger partial charge on any atom is -0.481 e. The van der Waals surface area contributed by atoms with Crippen LogP contribution in [-0.4, -0.2) is 80.8 Å². The number of hydrogen-bond donors (Lipinski definition) is 2. The fraction of sp³-hybridized carbons (Fsp3) is 0.909. The zero-order valence-corrected chi connectivity index (χ0v) is 24.1. The van der Waals surface area contributed by atoms with Crippen LogP contribution in [0.3, 0.4) is 0 Å². The fourth-order valence-electron chi connectivity index (χ4n) is 3.98. The standard InChI is InChI=1S/C22H47NO9Si2/c1-8-16-19(20(22(25)26)34(30-12-5,31-13-6)32-14-7)21(24)23-17-15-18-33(27-9-2,28-10-3)29-11-4/h19-20H,8-18H2,1-7H3,(H,23,24)(H,25,26). The summed E-state index contributed by atoms with van der Waals surface area (Å²) in [6.07, 6.45) is 1.59. The molecule has 0 aliphatic carbocycles. The van der Waals surface area contributed by atoms with Gasteiger partial charge in [0, 0.05) is 52.2 Å². The first-order valence-electron chi connectivity index (χ1n) is 12.6. The van der Waals surface area contributed by atoms with Crippen molar-refractivity contribution in [3.8, 4) is 0 Å². The lowest BCUT2D eigenvalue weighted by Crippen LogP contribution is -2.57. The predicted molar refractivity (Wildman–Crippen MR) is 133 cm³/mol. The first-order valence-corrected chi connectivity index (χ1v) is 16.3. The van der Waals surface area contributed by atoms with Crippen LogP contribution in [0.1, 0.15) is 67.7 Å². The molecule has 202 valence electrons. The van der Waals surface area contributed by atoms with Crippen molar-refractivity contribution in [1.29, 1.82) is 0 Å². The smallest absolute Gasteiger partial charge is 0.481 e. The van der Waals surface area contributed by atoms with Gasteiger partial charge in [0.05, 0.1) is 5.92 Å². The van der Waals surface area contributed by atoms with Crippen molar-refractivity contribution >= 4 is 29.5 Å². The minimum atomic E-state index is -3.67. The van der Waals surface area contributed by atoms with Crippen LogP contribution in [0.2, 0.25) is 11.6 Å². The van der Waals surface area contributed by atoms with Gasteiger partial charge in [0.15, 0.2) is 0 Å². The van der Waals surface area contributed by atoms with Crippen LogP contribution >= 0.6 is 0 Å². The summed E-state index contributed by atoms with van der Waals surface area (Å²) in [6.45, 7) is 15.4. The number of nitrogens with one attached hydrogen (secondary N) is 1. The van der Waals surface area contributed by atoms with Crippen molar-refractivity contribution in [3.05, 3.63) is 0 Å². The van der Waals surface area contributed by atoms with Crippen LogP contribution in [0.25, 0.3) is 0 Å². The van der Waals surface area contributed by atoms with E-state index in [0.717, 1.165) is 0 Å². The van der Waals surface area contributed by atoms with Crippen LogP contribution in [0.15, 0.2) is 0 Å². The van der Waals surface area contributed by atoms with Gasteiger partial charge in [-0.2, -0.15) is 0 Å². The van der Waals surface area contributed by atoms with Gasteiger partial charge in [0.2, 0.25) is 5.91 Å². The Morgan fingerprint density at radius 3 is 1.56 bits per heavy atom. The first-order chi connectivity index (χ1) is 16.3. The van der Waals surface area contributed by atoms with E-state index in [4.69, 9.17) is 26.6 Å². The Morgan fingerprint density at radius 1 is 0.765 bits per heavy atom. The van der Waals surface area contributed by atoms with E-state index in [1.54, 1.807) is 20.8 Å². The molecule has 0 aromatic rings. The van der Waals surface area contributed by atoms with Crippen molar-refractivity contribution in [1.82, 2.24) is 5.32 Å². The summed E-state index contributed by atoms with van der Waals surface area (Å²) in [4.78, 5) is 25.7. The Morgan fingerprint density at radius 2 is 1.21 bits per heavy atom. The highest BCUT2D eigenvalue weighted by atomic mass is 28.4. The third-order valence-corrected chi connectivity index (χ3v) is 11.7. The van der Waals surface area contributed by atoms with E-state index >= 15 is 0 Å². The van der Waals surface area contributed by atoms with E-state index in [1.165, 1.54) is 0 Å². The van der Waals surface area contributed by atoms with Gasteiger partial charge in [0.1, 0.15) is 5.54 Å². The Labute approximate surface area is 207 Å². The average Bonchev–Trinajstić information content (AvgIpc) is 2.77. The first kappa shape index (κ1) is 33.1. The second-order valence-electron chi connectivity index (χ2n) is 7.49. The number of carboxylic acid groups (broad SMARTS) is 1. The van der Waals surface area contributed by atoms with Crippen LogP contribution in [-0.2, 0) is 36.1 Å². The molecule has 0 aliphatic heterocycles. The monoisotopic (exact) mass is 525 g/mol. The van der Waals surface area contributed by atoms with Crippen LogP contribution < -0.4 is 5.32 Å². The SMILES string of the molecule is CCCC(C(=O)NCCC[Si](OCC)(OCC)OCC)C(C(=O)O)[Si](OCC)(OCC)OCC. The van der Waals surface area contributed by atoms with Gasteiger partial charge in [-0.15, -0.1) is 0 Å². The van der Waals surface area contributed by atoms with Gasteiger partial charge in [-0.1, -0.05) is 13.3 Å². The average molecular weight is 526 g/mol. The highest BCUT2D eigenvalue weighted by molar-refractivity contribution is 6.66. The van der Waals surface area contributed by atoms with E-state index in [-0.39, 0.29) is 25.7 Å². The lowest BCUT2D eigenvalue weighted by atomic mass is 9.98. The molecule has 0 bridgehead atoms. The van der Waals surface area contributed by atoms with Gasteiger partial charge in [-0.05, 0) is 54.4 Å². The summed E-state index contributed by atoms with van der Waals surface area (Å²) in [7, 11) is -6.48. The molecule has 0 saturated heterocycles. The summed E-state index contributed by atoms with van der Waals surface area (Å²) in [6, 6.07) is 0.555. The number of carbonyl (C=O) groups is 2. The maximum Gasteiger partial charge on any atom is 0.516 e. The molecule has 2 unspecified atom stereocenters. The van der Waals surface area contributed by atoms with Gasteiger partial charge in [0.25, 0.3) is 0 Å². The summed E-state index contributed by atoms with van der Waals surface area (Å²) in [5.41, 5.74) is -1.20. The Bertz CT molecular complexity index is 534. The summed E-state index contributed by atoms with van der Waals surface area (Å²) in [5, 5.41) is 13.1. The van der Waals surface area contributed by atoms with Gasteiger partial charge in [-0.25, -0.2) is 0 Å². The number of amides is 1. The molecular weight excluding hydrogens is 478 g/mol. The molecule has 0 aromatic heterocycles. The van der Waals surface area contributed by atoms with Gasteiger partial charge < -0.3 is 37.0 Å². The lowest BCUT2D eigenvalue weighted by Gasteiger charge is -2.36. The van der Waals surface area contributed by atoms with Crippen molar-refractivity contribution < 1.29 is 41.3 Å². The van der Waals surface area contributed by atoms with E-state index in [1.807, 2.05) is 27.7 Å². The molecule has 0 aliphatic rings. The van der Waals surface area contributed by atoms with Gasteiger partial charge in [-0.3, -0.25) is 9.59 Å². The molecule has 0 rings (SSSR count). The van der Waals surface area contributed by atoms with Crippen LogP contribution in [0.4, 0.5) is 0 Å². The zero-order valence-electron chi connectivity index (χ0n) is 22.1. The maximum absolute atomic E-state index is 13.2. The zero-order chi connectivity index (χ0) is 26.0. The number of hydrogen-bond acceptors (Lipinski definition) is 8. The summed E-state index contributed by atoms with van der Waals surface area (Å²) < 4.78 is 35.1. The molecule has 1 amide bonds. The molecular formula is C22H47NO9Si2. The lowest BCUT2D eigenvalue weighted by molar-refractivity contribution is -0.143. The van der Waals surface area contributed by atoms with Crippen molar-refractivity contribution in [3.63, 3.8) is 0 Å². The van der Waals surface area contributed by atoms with Gasteiger partial charge >= 0.3 is 23.6 Å². The molecule has 2 N–H and O–H groups in total. The van der Waals surface area contributed by atoms with E-state index < -0.39 is 35.0 Å². The van der Waals surface area contributed by atoms with E-state index in [2.05, 4.69) is 5.32 Å². The predicted octanol–water partition coefficient (Wildman–Crippen LogP) is 3.46. The molecule has 10 nitrogen and oxygen atoms in total. The molecule has 0 saturated carbocycles. The topological polar surface area (TPSA) is 122 Å². The summed E-state index contributed by atoms with van der Waals surface area (Å²) >= 11 is 0. The molecule has 2 atom stereocenters. The molecule has 34 heavy (non-hydrogen) atoms. The Balaban J connectivity index is 5.58. The van der Waals surface area contributed by atoms with Crippen LogP contribution in [0, 0.1) is 5.92 Å². The third kappa shape index (κ3) is 10.4. The summed E-state index contributed by atoms with van der Waals surface area (Å²) in [5.74, 6) is -2.33. The molecule has 0 fully saturated rings. The fourth-order valence-corrected chi connectivity index (χ4v) is 9.70. The second kappa shape index (κ2) is 18.4. The van der Waals surface area contributed by atoms with Crippen molar-refractivity contribution in [2.45, 2.75) is 79.3 Å². The maximum atomic E-state index is 13.2. The normalized spacial score (nSPS) is 14.1. The number of rotatable bonds is 22. The highest BCUT2D eigenvalue weighted by Gasteiger charge is 2.58. The molecule has 0 aromatic carbocycles. The highest BCUT2D eigenvalue weighted by Crippen LogP contribution is 2.36. The third-order valence-electron chi connectivity index (χ3n) is 5.07. The van der Waals surface area contributed by atoms with Crippen LogP contribution in [0.5, 0.6) is 0 Å². The minimum absolute atomic E-state index is 0.232. The quantitative estimate of drug-likeness (QED) is 0.162. The van der Waals surface area contributed by atoms with E-state index in [0.29, 0.717) is 51.7 Å². The molecule has 12 heteroatoms. The molecule has 0 heterocycles.